The van der Waals surface area contributed by atoms with Crippen LogP contribution in [0.1, 0.15) is 47.3 Å². The van der Waals surface area contributed by atoms with Crippen LogP contribution < -0.4 is 20.5 Å². The zero-order valence-corrected chi connectivity index (χ0v) is 23.1. The summed E-state index contributed by atoms with van der Waals surface area (Å²) in [5, 5.41) is 3.58. The Kier molecular flexibility index (Phi) is 7.88. The van der Waals surface area contributed by atoms with Gasteiger partial charge in [0.05, 0.1) is 42.6 Å². The maximum absolute atomic E-state index is 13.7. The van der Waals surface area contributed by atoms with Crippen molar-refractivity contribution in [2.45, 2.75) is 51.7 Å². The Hall–Kier alpha value is -3.85. The number of halogens is 1. The average Bonchev–Trinajstić information content (AvgIpc) is 3.21. The summed E-state index contributed by atoms with van der Waals surface area (Å²) in [6.45, 7) is 2.74. The van der Waals surface area contributed by atoms with Crippen LogP contribution in [-0.4, -0.2) is 45.3 Å². The molecule has 0 unspecified atom stereocenters. The molecule has 0 aliphatic heterocycles. The van der Waals surface area contributed by atoms with Crippen LogP contribution in [0.2, 0.25) is 5.02 Å². The number of nitrogens with zero attached hydrogens (tertiary/aromatic N) is 4. The largest absolute Gasteiger partial charge is 0.497 e. The predicted molar refractivity (Wildman–Crippen MR) is 150 cm³/mol. The summed E-state index contributed by atoms with van der Waals surface area (Å²) < 4.78 is 14.4. The molecule has 0 saturated heterocycles. The van der Waals surface area contributed by atoms with Crippen molar-refractivity contribution in [1.29, 1.82) is 0 Å². The second-order valence-corrected chi connectivity index (χ2v) is 10.4. The lowest BCUT2D eigenvalue weighted by Crippen LogP contribution is -2.39. The highest BCUT2D eigenvalue weighted by Gasteiger charge is 2.26. The molecule has 1 amide bonds. The third-order valence-electron chi connectivity index (χ3n) is 7.52. The van der Waals surface area contributed by atoms with Crippen LogP contribution in [-0.2, 0) is 13.1 Å². The molecule has 9 nitrogen and oxygen atoms in total. The Bertz CT molecular complexity index is 1560. The Morgan fingerprint density at radius 2 is 1.87 bits per heavy atom. The number of rotatable bonds is 8. The van der Waals surface area contributed by atoms with Gasteiger partial charge >= 0.3 is 5.69 Å². The minimum atomic E-state index is -0.148. The van der Waals surface area contributed by atoms with Gasteiger partial charge in [-0.05, 0) is 68.9 Å². The molecule has 5 rings (SSSR count). The Labute approximate surface area is 231 Å². The molecule has 4 aromatic rings. The zero-order chi connectivity index (χ0) is 27.5. The first-order chi connectivity index (χ1) is 18.9. The van der Waals surface area contributed by atoms with Crippen LogP contribution in [0.25, 0.3) is 11.2 Å². The highest BCUT2D eigenvalue weighted by molar-refractivity contribution is 6.30. The molecule has 1 N–H and O–H groups in total. The number of carbonyl (C=O) groups is 1. The van der Waals surface area contributed by atoms with Crippen LogP contribution in [0, 0.1) is 12.8 Å². The number of hydrogen-bond donors (Lipinski definition) is 1. The summed E-state index contributed by atoms with van der Waals surface area (Å²) in [5.74, 6) is 1.52. The van der Waals surface area contributed by atoms with Crippen LogP contribution in [0.5, 0.6) is 11.5 Å². The highest BCUT2D eigenvalue weighted by atomic mass is 35.5. The SMILES string of the molecule is COc1ccc(Cn2c(=O)n(CC3CCC(NC(=O)c4cc(Cl)cnc4C)CC3)c3cccnc32)c(OC)c1. The van der Waals surface area contributed by atoms with Crippen molar-refractivity contribution in [3.63, 3.8) is 0 Å². The maximum Gasteiger partial charge on any atom is 0.330 e. The number of amides is 1. The topological polar surface area (TPSA) is 100 Å². The summed E-state index contributed by atoms with van der Waals surface area (Å²) in [4.78, 5) is 35.2. The molecule has 1 saturated carbocycles. The number of aromatic nitrogens is 4. The monoisotopic (exact) mass is 549 g/mol. The lowest BCUT2D eigenvalue weighted by Gasteiger charge is -2.29. The molecule has 0 radical (unpaired) electrons. The van der Waals surface area contributed by atoms with Crippen LogP contribution in [0.4, 0.5) is 0 Å². The van der Waals surface area contributed by atoms with E-state index in [1.807, 2.05) is 34.9 Å². The molecular formula is C29H32ClN5O4. The van der Waals surface area contributed by atoms with Gasteiger partial charge in [-0.1, -0.05) is 11.6 Å². The summed E-state index contributed by atoms with van der Waals surface area (Å²) in [6, 6.07) is 11.1. The maximum atomic E-state index is 13.7. The van der Waals surface area contributed by atoms with Gasteiger partial charge in [0, 0.05) is 36.6 Å². The van der Waals surface area contributed by atoms with E-state index in [9.17, 15) is 9.59 Å². The minimum absolute atomic E-state index is 0.0781. The smallest absolute Gasteiger partial charge is 0.330 e. The zero-order valence-electron chi connectivity index (χ0n) is 22.3. The van der Waals surface area contributed by atoms with Crippen molar-refractivity contribution in [2.24, 2.45) is 5.92 Å². The fourth-order valence-electron chi connectivity index (χ4n) is 5.37. The van der Waals surface area contributed by atoms with Gasteiger partial charge in [-0.25, -0.2) is 9.78 Å². The fourth-order valence-corrected chi connectivity index (χ4v) is 5.52. The van der Waals surface area contributed by atoms with Crippen molar-refractivity contribution < 1.29 is 14.3 Å². The molecule has 1 aliphatic rings. The average molecular weight is 550 g/mol. The highest BCUT2D eigenvalue weighted by Crippen LogP contribution is 2.28. The normalized spacial score (nSPS) is 17.2. The molecule has 0 atom stereocenters. The van der Waals surface area contributed by atoms with E-state index in [0.717, 1.165) is 36.8 Å². The second-order valence-electron chi connectivity index (χ2n) is 9.98. The van der Waals surface area contributed by atoms with Gasteiger partial charge < -0.3 is 14.8 Å². The van der Waals surface area contributed by atoms with Gasteiger partial charge in [0.2, 0.25) is 0 Å². The van der Waals surface area contributed by atoms with E-state index >= 15 is 0 Å². The van der Waals surface area contributed by atoms with Gasteiger partial charge in [-0.3, -0.25) is 18.9 Å². The van der Waals surface area contributed by atoms with Crippen molar-refractivity contribution in [2.75, 3.05) is 14.2 Å². The van der Waals surface area contributed by atoms with Crippen molar-refractivity contribution in [1.82, 2.24) is 24.4 Å². The van der Waals surface area contributed by atoms with Gasteiger partial charge in [-0.2, -0.15) is 0 Å². The molecule has 39 heavy (non-hydrogen) atoms. The molecule has 3 aromatic heterocycles. The number of carbonyl (C=O) groups excluding carboxylic acids is 1. The molecule has 1 aliphatic carbocycles. The first kappa shape index (κ1) is 26.7. The Balaban J connectivity index is 1.30. The van der Waals surface area contributed by atoms with E-state index in [-0.39, 0.29) is 17.6 Å². The number of pyridine rings is 2. The number of ether oxygens (including phenoxy) is 2. The van der Waals surface area contributed by atoms with Gasteiger partial charge in [-0.15, -0.1) is 0 Å². The molecule has 1 aromatic carbocycles. The molecule has 0 spiro atoms. The van der Waals surface area contributed by atoms with E-state index in [1.165, 1.54) is 0 Å². The van der Waals surface area contributed by atoms with Gasteiger partial charge in [0.1, 0.15) is 11.5 Å². The summed E-state index contributed by atoms with van der Waals surface area (Å²) in [7, 11) is 3.21. The Morgan fingerprint density at radius 1 is 1.08 bits per heavy atom. The first-order valence-corrected chi connectivity index (χ1v) is 13.4. The van der Waals surface area contributed by atoms with Crippen LogP contribution in [0.15, 0.2) is 53.6 Å². The molecular weight excluding hydrogens is 518 g/mol. The molecule has 1 fully saturated rings. The number of methoxy groups -OCH3 is 2. The Morgan fingerprint density at radius 3 is 2.62 bits per heavy atom. The third kappa shape index (κ3) is 5.63. The van der Waals surface area contributed by atoms with Gasteiger partial charge in [0.25, 0.3) is 5.91 Å². The predicted octanol–water partition coefficient (Wildman–Crippen LogP) is 4.61. The summed E-state index contributed by atoms with van der Waals surface area (Å²) in [5.41, 5.74) is 3.39. The van der Waals surface area contributed by atoms with E-state index in [2.05, 4.69) is 15.3 Å². The summed E-state index contributed by atoms with van der Waals surface area (Å²) in [6.07, 6.45) is 6.75. The number of aryl methyl sites for hydroxylation is 1. The third-order valence-corrected chi connectivity index (χ3v) is 7.72. The van der Waals surface area contributed by atoms with Crippen LogP contribution in [0.3, 0.4) is 0 Å². The standard InChI is InChI=1S/C29H32ClN5O4/c1-18-24(13-21(30)15-32-18)28(36)33-22-9-6-19(7-10-22)16-34-25-5-4-12-31-27(25)35(29(34)37)17-20-8-11-23(38-2)14-26(20)39-3/h4-5,8,11-15,19,22H,6-7,9-10,16-17H2,1-3H3,(H,33,36). The molecule has 204 valence electrons. The number of benzene rings is 1. The van der Waals surface area contributed by atoms with Crippen molar-refractivity contribution in [3.8, 4) is 11.5 Å². The fraction of sp³-hybridized carbons (Fsp3) is 0.379. The van der Waals surface area contributed by atoms with Crippen molar-refractivity contribution >= 4 is 28.7 Å². The first-order valence-electron chi connectivity index (χ1n) is 13.1. The molecule has 10 heteroatoms. The quantitative estimate of drug-likeness (QED) is 0.344. The van der Waals surface area contributed by atoms with Crippen molar-refractivity contribution in [3.05, 3.63) is 81.1 Å². The lowest BCUT2D eigenvalue weighted by atomic mass is 9.85. The van der Waals surface area contributed by atoms with E-state index < -0.39 is 0 Å². The lowest BCUT2D eigenvalue weighted by molar-refractivity contribution is 0.0919. The number of fused-ring (bicyclic) bond motifs is 1. The number of hydrogen-bond acceptors (Lipinski definition) is 6. The van der Waals surface area contributed by atoms with E-state index in [1.54, 1.807) is 44.2 Å². The van der Waals surface area contributed by atoms with Gasteiger partial charge in [0.15, 0.2) is 5.65 Å². The van der Waals surface area contributed by atoms with E-state index in [0.29, 0.717) is 52.4 Å². The number of imidazole rings is 1. The molecule has 0 bridgehead atoms. The van der Waals surface area contributed by atoms with Crippen LogP contribution >= 0.6 is 11.6 Å². The second kappa shape index (κ2) is 11.5. The number of nitrogens with one attached hydrogen (secondary N) is 1. The molecule has 3 heterocycles. The summed E-state index contributed by atoms with van der Waals surface area (Å²) >= 11 is 6.04. The minimum Gasteiger partial charge on any atom is -0.497 e. The van der Waals surface area contributed by atoms with E-state index in [4.69, 9.17) is 21.1 Å².